The van der Waals surface area contributed by atoms with Crippen molar-refractivity contribution in [3.63, 3.8) is 0 Å². The largest absolute Gasteiger partial charge is 0.350 e. The lowest BCUT2D eigenvalue weighted by molar-refractivity contribution is -0.133. The molecule has 0 radical (unpaired) electrons. The standard InChI is InChI=1S/C26H32ClN5O3/c1-26(25(35)28-14-17-8-6-7-11-20(17)27)15-31-16-29-21(22(31)24(34)32(26)19-12-13-19)23(33)30-18-9-4-2-3-5-10-18/h6-8,11,16,18-19H,2-5,9-10,12-15H2,1H3,(H,28,35)(H,30,33). The molecule has 0 bridgehead atoms. The van der Waals surface area contributed by atoms with Gasteiger partial charge in [-0.25, -0.2) is 4.98 Å². The van der Waals surface area contributed by atoms with Crippen molar-refractivity contribution in [2.45, 2.75) is 89.0 Å². The Morgan fingerprint density at radius 3 is 2.51 bits per heavy atom. The highest BCUT2D eigenvalue weighted by Crippen LogP contribution is 2.39. The normalized spacial score (nSPS) is 22.9. The highest BCUT2D eigenvalue weighted by molar-refractivity contribution is 6.31. The van der Waals surface area contributed by atoms with E-state index in [9.17, 15) is 14.4 Å². The number of amides is 3. The molecule has 2 fully saturated rings. The van der Waals surface area contributed by atoms with Gasteiger partial charge in [-0.2, -0.15) is 0 Å². The van der Waals surface area contributed by atoms with E-state index in [0.717, 1.165) is 44.1 Å². The van der Waals surface area contributed by atoms with E-state index >= 15 is 0 Å². The third kappa shape index (κ3) is 4.68. The van der Waals surface area contributed by atoms with Crippen LogP contribution in [0.5, 0.6) is 0 Å². The van der Waals surface area contributed by atoms with Gasteiger partial charge in [-0.05, 0) is 44.2 Å². The average Bonchev–Trinajstić information content (AvgIpc) is 3.62. The fraction of sp³-hybridized carbons (Fsp3) is 0.538. The molecule has 0 saturated heterocycles. The molecule has 2 aliphatic carbocycles. The number of fused-ring (bicyclic) bond motifs is 1. The summed E-state index contributed by atoms with van der Waals surface area (Å²) in [5, 5.41) is 6.66. The highest BCUT2D eigenvalue weighted by atomic mass is 35.5. The fourth-order valence-electron chi connectivity index (χ4n) is 5.41. The summed E-state index contributed by atoms with van der Waals surface area (Å²) in [6, 6.07) is 7.46. The summed E-state index contributed by atoms with van der Waals surface area (Å²) in [5.74, 6) is -0.861. The summed E-state index contributed by atoms with van der Waals surface area (Å²) in [6.45, 7) is 2.30. The molecule has 35 heavy (non-hydrogen) atoms. The van der Waals surface area contributed by atoms with Gasteiger partial charge in [0.15, 0.2) is 5.69 Å². The zero-order valence-corrected chi connectivity index (χ0v) is 20.8. The van der Waals surface area contributed by atoms with E-state index in [-0.39, 0.29) is 54.3 Å². The quantitative estimate of drug-likeness (QED) is 0.595. The van der Waals surface area contributed by atoms with E-state index in [0.29, 0.717) is 5.02 Å². The van der Waals surface area contributed by atoms with Crippen LogP contribution in [-0.4, -0.2) is 49.8 Å². The molecule has 5 rings (SSSR count). The number of hydrogen-bond donors (Lipinski definition) is 2. The molecule has 2 heterocycles. The first-order valence-corrected chi connectivity index (χ1v) is 13.0. The number of aromatic nitrogens is 2. The first-order chi connectivity index (χ1) is 16.9. The van der Waals surface area contributed by atoms with Crippen molar-refractivity contribution in [1.82, 2.24) is 25.1 Å². The number of imidazole rings is 1. The van der Waals surface area contributed by atoms with Crippen molar-refractivity contribution in [3.8, 4) is 0 Å². The van der Waals surface area contributed by atoms with Gasteiger partial charge in [0.05, 0.1) is 12.9 Å². The molecular weight excluding hydrogens is 466 g/mol. The average molecular weight is 498 g/mol. The number of rotatable bonds is 6. The maximum atomic E-state index is 13.8. The zero-order valence-electron chi connectivity index (χ0n) is 20.1. The van der Waals surface area contributed by atoms with Crippen molar-refractivity contribution in [1.29, 1.82) is 0 Å². The SMILES string of the molecule is CC1(C(=O)NCc2ccccc2Cl)Cn2cnc(C(=O)NC3CCCCCC3)c2C(=O)N1C1CC1. The van der Waals surface area contributed by atoms with Gasteiger partial charge in [-0.3, -0.25) is 14.4 Å². The summed E-state index contributed by atoms with van der Waals surface area (Å²) in [4.78, 5) is 46.4. The Hall–Kier alpha value is -2.87. The Bertz CT molecular complexity index is 1140. The molecule has 3 aliphatic rings. The summed E-state index contributed by atoms with van der Waals surface area (Å²) >= 11 is 6.25. The molecule has 8 nitrogen and oxygen atoms in total. The van der Waals surface area contributed by atoms with E-state index < -0.39 is 5.54 Å². The van der Waals surface area contributed by atoms with E-state index in [1.165, 1.54) is 19.2 Å². The number of hydrogen-bond acceptors (Lipinski definition) is 4. The van der Waals surface area contributed by atoms with Crippen molar-refractivity contribution in [2.24, 2.45) is 0 Å². The number of carbonyl (C=O) groups is 3. The van der Waals surface area contributed by atoms with Crippen LogP contribution >= 0.6 is 11.6 Å². The second kappa shape index (κ2) is 9.64. The van der Waals surface area contributed by atoms with Gasteiger partial charge in [-0.1, -0.05) is 55.5 Å². The zero-order chi connectivity index (χ0) is 24.6. The minimum absolute atomic E-state index is 0.0139. The monoisotopic (exact) mass is 497 g/mol. The molecule has 1 unspecified atom stereocenters. The van der Waals surface area contributed by atoms with Gasteiger partial charge < -0.3 is 20.1 Å². The van der Waals surface area contributed by atoms with Crippen molar-refractivity contribution in [2.75, 3.05) is 0 Å². The lowest BCUT2D eigenvalue weighted by atomic mass is 9.93. The molecule has 1 aromatic heterocycles. The molecular formula is C26H32ClN5O3. The van der Waals surface area contributed by atoms with Crippen LogP contribution in [0, 0.1) is 0 Å². The molecule has 1 aromatic carbocycles. The number of benzene rings is 1. The Morgan fingerprint density at radius 1 is 1.11 bits per heavy atom. The van der Waals surface area contributed by atoms with E-state index in [2.05, 4.69) is 15.6 Å². The molecule has 9 heteroatoms. The summed E-state index contributed by atoms with van der Waals surface area (Å²) in [5.41, 5.74) is 0.150. The van der Waals surface area contributed by atoms with Crippen LogP contribution in [0.3, 0.4) is 0 Å². The van der Waals surface area contributed by atoms with Crippen LogP contribution in [0.4, 0.5) is 0 Å². The van der Waals surface area contributed by atoms with Crippen LogP contribution in [0.15, 0.2) is 30.6 Å². The van der Waals surface area contributed by atoms with Gasteiger partial charge in [-0.15, -0.1) is 0 Å². The molecule has 1 aliphatic heterocycles. The third-order valence-electron chi connectivity index (χ3n) is 7.47. The Balaban J connectivity index is 1.37. The molecule has 1 atom stereocenters. The minimum Gasteiger partial charge on any atom is -0.350 e. The summed E-state index contributed by atoms with van der Waals surface area (Å²) in [7, 11) is 0. The Kier molecular flexibility index (Phi) is 6.57. The third-order valence-corrected chi connectivity index (χ3v) is 7.84. The number of carbonyl (C=O) groups excluding carboxylic acids is 3. The minimum atomic E-state index is -1.10. The maximum Gasteiger partial charge on any atom is 0.274 e. The molecule has 2 N–H and O–H groups in total. The fourth-order valence-corrected chi connectivity index (χ4v) is 5.61. The topological polar surface area (TPSA) is 96.3 Å². The lowest BCUT2D eigenvalue weighted by Crippen LogP contribution is -2.64. The smallest absolute Gasteiger partial charge is 0.274 e. The van der Waals surface area contributed by atoms with Crippen molar-refractivity contribution in [3.05, 3.63) is 52.6 Å². The van der Waals surface area contributed by atoms with E-state index in [1.807, 2.05) is 18.2 Å². The molecule has 3 amide bonds. The Labute approximate surface area is 210 Å². The van der Waals surface area contributed by atoms with E-state index in [4.69, 9.17) is 11.6 Å². The van der Waals surface area contributed by atoms with E-state index in [1.54, 1.807) is 22.5 Å². The predicted molar refractivity (Wildman–Crippen MR) is 132 cm³/mol. The van der Waals surface area contributed by atoms with Gasteiger partial charge in [0.2, 0.25) is 5.91 Å². The van der Waals surface area contributed by atoms with Gasteiger partial charge >= 0.3 is 0 Å². The van der Waals surface area contributed by atoms with Crippen LogP contribution in [-0.2, 0) is 17.9 Å². The predicted octanol–water partition coefficient (Wildman–Crippen LogP) is 3.68. The molecule has 186 valence electrons. The van der Waals surface area contributed by atoms with Crippen LogP contribution in [0.2, 0.25) is 5.02 Å². The van der Waals surface area contributed by atoms with Crippen LogP contribution in [0.25, 0.3) is 0 Å². The second-order valence-electron chi connectivity index (χ2n) is 10.2. The molecule has 2 aromatic rings. The number of nitrogens with zero attached hydrogens (tertiary/aromatic N) is 3. The van der Waals surface area contributed by atoms with Crippen molar-refractivity contribution >= 4 is 29.3 Å². The summed E-state index contributed by atoms with van der Waals surface area (Å²) < 4.78 is 1.66. The first kappa shape index (κ1) is 23.9. The van der Waals surface area contributed by atoms with Gasteiger partial charge in [0.1, 0.15) is 11.2 Å². The van der Waals surface area contributed by atoms with Crippen LogP contribution in [0.1, 0.15) is 84.8 Å². The van der Waals surface area contributed by atoms with Crippen LogP contribution < -0.4 is 10.6 Å². The Morgan fingerprint density at radius 2 is 1.83 bits per heavy atom. The lowest BCUT2D eigenvalue weighted by Gasteiger charge is -2.44. The van der Waals surface area contributed by atoms with Crippen molar-refractivity contribution < 1.29 is 14.4 Å². The number of nitrogens with one attached hydrogen (secondary N) is 2. The molecule has 2 saturated carbocycles. The molecule has 0 spiro atoms. The first-order valence-electron chi connectivity index (χ1n) is 12.6. The highest BCUT2D eigenvalue weighted by Gasteiger charge is 2.53. The maximum absolute atomic E-state index is 13.8. The summed E-state index contributed by atoms with van der Waals surface area (Å²) in [6.07, 6.45) is 9.69. The number of halogens is 1. The van der Waals surface area contributed by atoms with Gasteiger partial charge in [0, 0.05) is 23.7 Å². The van der Waals surface area contributed by atoms with Gasteiger partial charge in [0.25, 0.3) is 11.8 Å². The second-order valence-corrected chi connectivity index (χ2v) is 10.6.